The molecule has 3 aromatic rings. The summed E-state index contributed by atoms with van der Waals surface area (Å²) in [5.41, 5.74) is 6.67. The highest BCUT2D eigenvalue weighted by atomic mass is 16.5. The summed E-state index contributed by atoms with van der Waals surface area (Å²) in [5.74, 6) is 0.682. The molecule has 0 aromatic heterocycles. The summed E-state index contributed by atoms with van der Waals surface area (Å²) >= 11 is 0. The Morgan fingerprint density at radius 2 is 1.70 bits per heavy atom. The third-order valence-corrected chi connectivity index (χ3v) is 5.19. The molecule has 168 valence electrons. The largest absolute Gasteiger partial charge is 0.497 e. The number of nitriles is 1. The fraction of sp³-hybridized carbons (Fsp3) is 0.214. The van der Waals surface area contributed by atoms with Crippen molar-refractivity contribution in [3.8, 4) is 17.6 Å². The molecule has 0 aliphatic rings. The van der Waals surface area contributed by atoms with Crippen molar-refractivity contribution in [3.63, 3.8) is 0 Å². The minimum Gasteiger partial charge on any atom is -0.497 e. The SMILES string of the molecule is COc1ccc(/C=C(\C#N)C(=O)Nc2ccc(C)cc2C)c(OCc2cc(C)cc(C)c2)c1. The van der Waals surface area contributed by atoms with Gasteiger partial charge in [0.05, 0.1) is 7.11 Å². The number of carbonyl (C=O) groups is 1. The molecule has 1 amide bonds. The van der Waals surface area contributed by atoms with Crippen molar-refractivity contribution >= 4 is 17.7 Å². The van der Waals surface area contributed by atoms with Crippen molar-refractivity contribution in [2.45, 2.75) is 34.3 Å². The van der Waals surface area contributed by atoms with Gasteiger partial charge in [0.2, 0.25) is 0 Å². The molecule has 0 heterocycles. The molecule has 0 saturated heterocycles. The van der Waals surface area contributed by atoms with Crippen LogP contribution in [0.3, 0.4) is 0 Å². The summed E-state index contributed by atoms with van der Waals surface area (Å²) < 4.78 is 11.4. The molecule has 33 heavy (non-hydrogen) atoms. The number of aryl methyl sites for hydroxylation is 4. The number of hydrogen-bond donors (Lipinski definition) is 1. The van der Waals surface area contributed by atoms with E-state index in [1.807, 2.05) is 52.0 Å². The highest BCUT2D eigenvalue weighted by Gasteiger charge is 2.13. The van der Waals surface area contributed by atoms with Gasteiger partial charge < -0.3 is 14.8 Å². The molecule has 3 aromatic carbocycles. The predicted molar refractivity (Wildman–Crippen MR) is 131 cm³/mol. The predicted octanol–water partition coefficient (Wildman–Crippen LogP) is 6.05. The van der Waals surface area contributed by atoms with Gasteiger partial charge in [-0.25, -0.2) is 0 Å². The van der Waals surface area contributed by atoms with E-state index < -0.39 is 5.91 Å². The molecule has 0 aliphatic carbocycles. The molecule has 0 atom stereocenters. The summed E-state index contributed by atoms with van der Waals surface area (Å²) in [6.45, 7) is 8.35. The van der Waals surface area contributed by atoms with E-state index in [2.05, 4.69) is 23.5 Å². The van der Waals surface area contributed by atoms with E-state index in [0.717, 1.165) is 27.8 Å². The van der Waals surface area contributed by atoms with Crippen molar-refractivity contribution in [1.29, 1.82) is 5.26 Å². The Kier molecular flexibility index (Phi) is 7.53. The second-order valence-corrected chi connectivity index (χ2v) is 8.13. The molecule has 0 aliphatic heterocycles. The summed E-state index contributed by atoms with van der Waals surface area (Å²) in [6.07, 6.45) is 1.54. The lowest BCUT2D eigenvalue weighted by Crippen LogP contribution is -2.14. The molecule has 0 bridgehead atoms. The molecule has 5 heteroatoms. The maximum Gasteiger partial charge on any atom is 0.266 e. The van der Waals surface area contributed by atoms with E-state index in [4.69, 9.17) is 9.47 Å². The first-order chi connectivity index (χ1) is 15.8. The van der Waals surface area contributed by atoms with Gasteiger partial charge in [-0.2, -0.15) is 5.26 Å². The fourth-order valence-corrected chi connectivity index (χ4v) is 3.65. The molecular formula is C28H28N2O3. The smallest absolute Gasteiger partial charge is 0.266 e. The van der Waals surface area contributed by atoms with E-state index >= 15 is 0 Å². The zero-order valence-corrected chi connectivity index (χ0v) is 19.7. The zero-order chi connectivity index (χ0) is 24.0. The normalized spacial score (nSPS) is 11.0. The second-order valence-electron chi connectivity index (χ2n) is 8.13. The van der Waals surface area contributed by atoms with Gasteiger partial charge in [-0.05, 0) is 63.1 Å². The van der Waals surface area contributed by atoms with Crippen molar-refractivity contribution in [2.75, 3.05) is 12.4 Å². The van der Waals surface area contributed by atoms with Crippen LogP contribution in [0, 0.1) is 39.0 Å². The number of benzene rings is 3. The van der Waals surface area contributed by atoms with Crippen LogP contribution in [0.4, 0.5) is 5.69 Å². The molecular weight excluding hydrogens is 412 g/mol. The Bertz CT molecular complexity index is 1230. The van der Waals surface area contributed by atoms with Gasteiger partial charge in [0.25, 0.3) is 5.91 Å². The van der Waals surface area contributed by atoms with Crippen LogP contribution < -0.4 is 14.8 Å². The monoisotopic (exact) mass is 440 g/mol. The molecule has 0 saturated carbocycles. The standard InChI is InChI=1S/C28H28N2O3/c1-18-6-9-26(21(4)11-18)30-28(31)24(16-29)14-23-7-8-25(32-5)15-27(23)33-17-22-12-19(2)10-20(3)13-22/h6-15H,17H2,1-5H3,(H,30,31)/b24-14+. The number of ether oxygens (including phenoxy) is 2. The van der Waals surface area contributed by atoms with Crippen molar-refractivity contribution < 1.29 is 14.3 Å². The Morgan fingerprint density at radius 3 is 2.33 bits per heavy atom. The Hall–Kier alpha value is -4.04. The van der Waals surface area contributed by atoms with Crippen LogP contribution in [-0.4, -0.2) is 13.0 Å². The summed E-state index contributed by atoms with van der Waals surface area (Å²) in [6, 6.07) is 19.3. The highest BCUT2D eigenvalue weighted by Crippen LogP contribution is 2.28. The van der Waals surface area contributed by atoms with E-state index in [0.29, 0.717) is 29.4 Å². The highest BCUT2D eigenvalue weighted by molar-refractivity contribution is 6.10. The summed E-state index contributed by atoms with van der Waals surface area (Å²) in [7, 11) is 1.58. The Labute approximate surface area is 195 Å². The number of methoxy groups -OCH3 is 1. The van der Waals surface area contributed by atoms with Crippen LogP contribution in [0.25, 0.3) is 6.08 Å². The first-order valence-electron chi connectivity index (χ1n) is 10.7. The Balaban J connectivity index is 1.88. The van der Waals surface area contributed by atoms with Crippen LogP contribution in [0.2, 0.25) is 0 Å². The maximum absolute atomic E-state index is 12.8. The van der Waals surface area contributed by atoms with Crippen molar-refractivity contribution in [1.82, 2.24) is 0 Å². The number of amides is 1. The second kappa shape index (κ2) is 10.5. The number of rotatable bonds is 7. The molecule has 3 rings (SSSR count). The lowest BCUT2D eigenvalue weighted by atomic mass is 10.1. The van der Waals surface area contributed by atoms with Crippen LogP contribution in [0.5, 0.6) is 11.5 Å². The molecule has 0 fully saturated rings. The zero-order valence-electron chi connectivity index (χ0n) is 19.7. The van der Waals surface area contributed by atoms with Gasteiger partial charge in [-0.1, -0.05) is 47.0 Å². The van der Waals surface area contributed by atoms with Gasteiger partial charge in [-0.3, -0.25) is 4.79 Å². The number of nitrogens with zero attached hydrogens (tertiary/aromatic N) is 1. The average Bonchev–Trinajstić information content (AvgIpc) is 2.77. The first kappa shape index (κ1) is 23.6. The van der Waals surface area contributed by atoms with Gasteiger partial charge in [0.1, 0.15) is 29.7 Å². The summed E-state index contributed by atoms with van der Waals surface area (Å²) in [4.78, 5) is 12.8. The minimum atomic E-state index is -0.472. The number of anilines is 1. The van der Waals surface area contributed by atoms with Gasteiger partial charge in [0.15, 0.2) is 0 Å². The quantitative estimate of drug-likeness (QED) is 0.358. The molecule has 1 N–H and O–H groups in total. The molecule has 0 spiro atoms. The molecule has 0 unspecified atom stereocenters. The van der Waals surface area contributed by atoms with Crippen LogP contribution >= 0.6 is 0 Å². The first-order valence-corrected chi connectivity index (χ1v) is 10.7. The van der Waals surface area contributed by atoms with Gasteiger partial charge >= 0.3 is 0 Å². The minimum absolute atomic E-state index is 0.0172. The lowest BCUT2D eigenvalue weighted by molar-refractivity contribution is -0.112. The van der Waals surface area contributed by atoms with E-state index in [9.17, 15) is 10.1 Å². The number of carbonyl (C=O) groups excluding carboxylic acids is 1. The van der Waals surface area contributed by atoms with Crippen LogP contribution in [0.1, 0.15) is 33.4 Å². The number of nitrogens with one attached hydrogen (secondary N) is 1. The average molecular weight is 441 g/mol. The lowest BCUT2D eigenvalue weighted by Gasteiger charge is -2.13. The third-order valence-electron chi connectivity index (χ3n) is 5.19. The van der Waals surface area contributed by atoms with Crippen molar-refractivity contribution in [3.05, 3.63) is 93.6 Å². The van der Waals surface area contributed by atoms with E-state index in [-0.39, 0.29) is 5.57 Å². The fourth-order valence-electron chi connectivity index (χ4n) is 3.65. The van der Waals surface area contributed by atoms with Crippen molar-refractivity contribution in [2.24, 2.45) is 0 Å². The van der Waals surface area contributed by atoms with Crippen LogP contribution in [-0.2, 0) is 11.4 Å². The number of hydrogen-bond acceptors (Lipinski definition) is 4. The summed E-state index contributed by atoms with van der Waals surface area (Å²) in [5, 5.41) is 12.5. The Morgan fingerprint density at radius 1 is 0.970 bits per heavy atom. The molecule has 5 nitrogen and oxygen atoms in total. The van der Waals surface area contributed by atoms with E-state index in [1.54, 1.807) is 25.3 Å². The van der Waals surface area contributed by atoms with E-state index in [1.165, 1.54) is 6.08 Å². The van der Waals surface area contributed by atoms with Crippen LogP contribution in [0.15, 0.2) is 60.2 Å². The topological polar surface area (TPSA) is 71.3 Å². The van der Waals surface area contributed by atoms with Gasteiger partial charge in [-0.15, -0.1) is 0 Å². The molecule has 0 radical (unpaired) electrons. The van der Waals surface area contributed by atoms with Gasteiger partial charge in [0, 0.05) is 17.3 Å². The maximum atomic E-state index is 12.8. The third kappa shape index (κ3) is 6.24.